The molecule has 2 rings (SSSR count). The van der Waals surface area contributed by atoms with Crippen LogP contribution in [0, 0.1) is 18.3 Å². The molecular weight excluding hydrogens is 318 g/mol. The van der Waals surface area contributed by atoms with Gasteiger partial charge in [-0.3, -0.25) is 0 Å². The Balaban J connectivity index is 1.78. The molecule has 0 aliphatic carbocycles. The van der Waals surface area contributed by atoms with Gasteiger partial charge in [0.1, 0.15) is 18.2 Å². The third kappa shape index (κ3) is 3.97. The fourth-order valence-electron chi connectivity index (χ4n) is 1.61. The fraction of sp³-hybridized carbons (Fsp3) is 0.200. The van der Waals surface area contributed by atoms with Crippen LogP contribution < -0.4 is 10.1 Å². The summed E-state index contributed by atoms with van der Waals surface area (Å²) < 4.78 is 6.57. The predicted octanol–water partition coefficient (Wildman–Crippen LogP) is 3.52. The molecule has 0 bridgehead atoms. The van der Waals surface area contributed by atoms with Gasteiger partial charge in [0.15, 0.2) is 0 Å². The molecule has 0 spiro atoms. The van der Waals surface area contributed by atoms with Crippen LogP contribution in [0.15, 0.2) is 41.0 Å². The zero-order valence-corrected chi connectivity index (χ0v) is 12.6. The highest BCUT2D eigenvalue weighted by Crippen LogP contribution is 2.17. The van der Waals surface area contributed by atoms with Gasteiger partial charge in [-0.1, -0.05) is 0 Å². The highest BCUT2D eigenvalue weighted by atomic mass is 79.9. The lowest BCUT2D eigenvalue weighted by Crippen LogP contribution is -2.12. The Bertz CT molecular complexity index is 620. The molecule has 0 saturated heterocycles. The normalized spacial score (nSPS) is 9.85. The zero-order chi connectivity index (χ0) is 14.4. The van der Waals surface area contributed by atoms with E-state index in [1.165, 1.54) is 0 Å². The van der Waals surface area contributed by atoms with E-state index in [9.17, 15) is 0 Å². The van der Waals surface area contributed by atoms with Crippen molar-refractivity contribution in [2.45, 2.75) is 6.92 Å². The Morgan fingerprint density at radius 1 is 1.35 bits per heavy atom. The predicted molar refractivity (Wildman–Crippen MR) is 81.8 cm³/mol. The Hall–Kier alpha value is -2.06. The van der Waals surface area contributed by atoms with E-state index in [0.29, 0.717) is 18.7 Å². The molecule has 0 radical (unpaired) electrons. The third-order valence-corrected chi connectivity index (χ3v) is 3.54. The van der Waals surface area contributed by atoms with E-state index in [-0.39, 0.29) is 0 Å². The van der Waals surface area contributed by atoms with Gasteiger partial charge in [0.05, 0.1) is 18.2 Å². The molecule has 0 aliphatic heterocycles. The summed E-state index contributed by atoms with van der Waals surface area (Å²) in [5.41, 5.74) is 1.76. The number of nitriles is 1. The minimum atomic E-state index is 0.530. The van der Waals surface area contributed by atoms with Crippen LogP contribution in [0.25, 0.3) is 0 Å². The monoisotopic (exact) mass is 331 g/mol. The quantitative estimate of drug-likeness (QED) is 0.851. The van der Waals surface area contributed by atoms with Crippen molar-refractivity contribution in [3.63, 3.8) is 0 Å². The first kappa shape index (κ1) is 14.4. The Labute approximate surface area is 126 Å². The van der Waals surface area contributed by atoms with Crippen LogP contribution in [0.1, 0.15) is 11.1 Å². The molecule has 4 nitrogen and oxygen atoms in total. The lowest BCUT2D eigenvalue weighted by atomic mass is 10.2. The Morgan fingerprint density at radius 2 is 2.10 bits per heavy atom. The van der Waals surface area contributed by atoms with Crippen molar-refractivity contribution >= 4 is 21.7 Å². The molecule has 5 heteroatoms. The SMILES string of the molecule is Cc1cc(NCCOc2ccc(C#N)cc2)ncc1Br. The van der Waals surface area contributed by atoms with E-state index in [1.54, 1.807) is 30.5 Å². The molecular formula is C15H14BrN3O. The van der Waals surface area contributed by atoms with E-state index in [4.69, 9.17) is 10.00 Å². The van der Waals surface area contributed by atoms with E-state index in [2.05, 4.69) is 32.3 Å². The van der Waals surface area contributed by atoms with E-state index in [1.807, 2.05) is 13.0 Å². The molecule has 0 saturated carbocycles. The van der Waals surface area contributed by atoms with Crippen LogP contribution in [-0.4, -0.2) is 18.1 Å². The lowest BCUT2D eigenvalue weighted by Gasteiger charge is -2.09. The molecule has 0 unspecified atom stereocenters. The maximum absolute atomic E-state index is 8.70. The molecule has 102 valence electrons. The van der Waals surface area contributed by atoms with Crippen molar-refractivity contribution in [1.29, 1.82) is 5.26 Å². The summed E-state index contributed by atoms with van der Waals surface area (Å²) in [6.07, 6.45) is 1.78. The first-order valence-electron chi connectivity index (χ1n) is 6.18. The second-order valence-electron chi connectivity index (χ2n) is 4.23. The Kier molecular flexibility index (Phi) is 4.97. The highest BCUT2D eigenvalue weighted by molar-refractivity contribution is 9.10. The van der Waals surface area contributed by atoms with Crippen LogP contribution in [0.2, 0.25) is 0 Å². The van der Waals surface area contributed by atoms with E-state index in [0.717, 1.165) is 21.6 Å². The number of nitrogens with zero attached hydrogens (tertiary/aromatic N) is 2. The van der Waals surface area contributed by atoms with Crippen molar-refractivity contribution in [1.82, 2.24) is 4.98 Å². The number of nitrogens with one attached hydrogen (secondary N) is 1. The number of aryl methyl sites for hydroxylation is 1. The average molecular weight is 332 g/mol. The molecule has 0 amide bonds. The van der Waals surface area contributed by atoms with Crippen molar-refractivity contribution in [3.05, 3.63) is 52.1 Å². The molecule has 0 atom stereocenters. The van der Waals surface area contributed by atoms with Gasteiger partial charge in [-0.05, 0) is 58.7 Å². The van der Waals surface area contributed by atoms with E-state index >= 15 is 0 Å². The Morgan fingerprint density at radius 3 is 2.75 bits per heavy atom. The molecule has 2 aromatic rings. The second kappa shape index (κ2) is 6.92. The molecule has 1 aromatic carbocycles. The first-order chi connectivity index (χ1) is 9.69. The maximum Gasteiger partial charge on any atom is 0.126 e. The summed E-state index contributed by atoms with van der Waals surface area (Å²) >= 11 is 3.42. The van der Waals surface area contributed by atoms with E-state index < -0.39 is 0 Å². The van der Waals surface area contributed by atoms with Gasteiger partial charge < -0.3 is 10.1 Å². The number of ether oxygens (including phenoxy) is 1. The van der Waals surface area contributed by atoms with Crippen LogP contribution in [0.5, 0.6) is 5.75 Å². The van der Waals surface area contributed by atoms with Crippen LogP contribution in [0.3, 0.4) is 0 Å². The minimum absolute atomic E-state index is 0.530. The number of pyridine rings is 1. The third-order valence-electron chi connectivity index (χ3n) is 2.71. The smallest absolute Gasteiger partial charge is 0.126 e. The topological polar surface area (TPSA) is 57.9 Å². The maximum atomic E-state index is 8.70. The van der Waals surface area contributed by atoms with Crippen molar-refractivity contribution in [2.75, 3.05) is 18.5 Å². The summed E-state index contributed by atoms with van der Waals surface area (Å²) in [6.45, 7) is 3.21. The summed E-state index contributed by atoms with van der Waals surface area (Å²) in [7, 11) is 0. The largest absolute Gasteiger partial charge is 0.492 e. The lowest BCUT2D eigenvalue weighted by molar-refractivity contribution is 0.332. The van der Waals surface area contributed by atoms with Gasteiger partial charge in [-0.15, -0.1) is 0 Å². The molecule has 0 fully saturated rings. The van der Waals surface area contributed by atoms with Gasteiger partial charge >= 0.3 is 0 Å². The van der Waals surface area contributed by atoms with Gasteiger partial charge in [-0.2, -0.15) is 5.26 Å². The summed E-state index contributed by atoms with van der Waals surface area (Å²) in [4.78, 5) is 4.26. The highest BCUT2D eigenvalue weighted by Gasteiger charge is 1.99. The average Bonchev–Trinajstić information content (AvgIpc) is 2.48. The van der Waals surface area contributed by atoms with Crippen LogP contribution in [0.4, 0.5) is 5.82 Å². The summed E-state index contributed by atoms with van der Waals surface area (Å²) in [5.74, 6) is 1.58. The number of hydrogen-bond donors (Lipinski definition) is 1. The number of benzene rings is 1. The van der Waals surface area contributed by atoms with Gasteiger partial charge in [0, 0.05) is 10.7 Å². The van der Waals surface area contributed by atoms with Crippen molar-refractivity contribution in [3.8, 4) is 11.8 Å². The second-order valence-corrected chi connectivity index (χ2v) is 5.08. The molecule has 20 heavy (non-hydrogen) atoms. The molecule has 1 heterocycles. The minimum Gasteiger partial charge on any atom is -0.492 e. The first-order valence-corrected chi connectivity index (χ1v) is 6.97. The standard InChI is InChI=1S/C15H14BrN3O/c1-11-8-15(19-10-14(11)16)18-6-7-20-13-4-2-12(9-17)3-5-13/h2-5,8,10H,6-7H2,1H3,(H,18,19). The summed E-state index contributed by atoms with van der Waals surface area (Å²) in [5, 5.41) is 11.9. The van der Waals surface area contributed by atoms with Crippen LogP contribution in [-0.2, 0) is 0 Å². The van der Waals surface area contributed by atoms with Gasteiger partial charge in [-0.25, -0.2) is 4.98 Å². The summed E-state index contributed by atoms with van der Waals surface area (Å²) in [6, 6.07) is 11.1. The number of hydrogen-bond acceptors (Lipinski definition) is 4. The van der Waals surface area contributed by atoms with Gasteiger partial charge in [0.2, 0.25) is 0 Å². The number of aromatic nitrogens is 1. The van der Waals surface area contributed by atoms with Crippen molar-refractivity contribution in [2.24, 2.45) is 0 Å². The number of rotatable bonds is 5. The molecule has 0 aliphatic rings. The molecule has 1 N–H and O–H groups in total. The zero-order valence-electron chi connectivity index (χ0n) is 11.1. The number of anilines is 1. The molecule has 1 aromatic heterocycles. The van der Waals surface area contributed by atoms with Gasteiger partial charge in [0.25, 0.3) is 0 Å². The fourth-order valence-corrected chi connectivity index (χ4v) is 1.83. The van der Waals surface area contributed by atoms with Crippen LogP contribution >= 0.6 is 15.9 Å². The van der Waals surface area contributed by atoms with Crippen molar-refractivity contribution < 1.29 is 4.74 Å². The number of halogens is 1.